The van der Waals surface area contributed by atoms with Crippen molar-refractivity contribution in [3.05, 3.63) is 60.2 Å². The van der Waals surface area contributed by atoms with E-state index in [1.165, 1.54) is 16.3 Å². The van der Waals surface area contributed by atoms with Gasteiger partial charge in [0, 0.05) is 35.9 Å². The second kappa shape index (κ2) is 11.2. The molecule has 0 atom stereocenters. The van der Waals surface area contributed by atoms with Crippen LogP contribution >= 0.6 is 0 Å². The molecule has 0 saturated heterocycles. The van der Waals surface area contributed by atoms with E-state index >= 15 is 0 Å². The Morgan fingerprint density at radius 1 is 0.588 bits per heavy atom. The predicted octanol–water partition coefficient (Wildman–Crippen LogP) is 7.15. The summed E-state index contributed by atoms with van der Waals surface area (Å²) in [6, 6.07) is 11.4. The Balaban J connectivity index is 0.000000191. The zero-order valence-electron chi connectivity index (χ0n) is 21.7. The van der Waals surface area contributed by atoms with E-state index in [1.807, 2.05) is 18.5 Å². The number of rotatable bonds is 6. The first-order valence-corrected chi connectivity index (χ1v) is 12.2. The maximum absolute atomic E-state index is 4.54. The van der Waals surface area contributed by atoms with Crippen LogP contribution in [-0.2, 0) is 0 Å². The average Bonchev–Trinajstić information content (AvgIpc) is 2.77. The molecule has 0 fully saturated rings. The lowest BCUT2D eigenvalue weighted by Crippen LogP contribution is -2.11. The largest absolute Gasteiger partial charge is 0.368 e. The van der Waals surface area contributed by atoms with Crippen LogP contribution in [0.15, 0.2) is 48.9 Å². The van der Waals surface area contributed by atoms with Crippen LogP contribution in [0.4, 0.5) is 11.6 Å². The third-order valence-corrected chi connectivity index (χ3v) is 5.32. The molecule has 1 aromatic carbocycles. The van der Waals surface area contributed by atoms with Crippen molar-refractivity contribution < 1.29 is 0 Å². The molecule has 3 aromatic heterocycles. The lowest BCUT2D eigenvalue weighted by atomic mass is 10.0. The summed E-state index contributed by atoms with van der Waals surface area (Å²) in [6.07, 6.45) is 5.57. The molecule has 3 heterocycles. The maximum atomic E-state index is 4.54. The van der Waals surface area contributed by atoms with Crippen LogP contribution in [0.5, 0.6) is 0 Å². The Labute approximate surface area is 203 Å². The highest BCUT2D eigenvalue weighted by atomic mass is 15.0. The number of anilines is 2. The Morgan fingerprint density at radius 2 is 1.24 bits per heavy atom. The first-order valence-electron chi connectivity index (χ1n) is 12.2. The van der Waals surface area contributed by atoms with E-state index in [4.69, 9.17) is 0 Å². The van der Waals surface area contributed by atoms with Gasteiger partial charge in [-0.3, -0.25) is 4.98 Å². The van der Waals surface area contributed by atoms with E-state index in [-0.39, 0.29) is 0 Å². The van der Waals surface area contributed by atoms with Gasteiger partial charge in [-0.1, -0.05) is 39.8 Å². The Hall–Kier alpha value is -3.28. The third-order valence-electron chi connectivity index (χ3n) is 5.32. The quantitative estimate of drug-likeness (QED) is 0.320. The van der Waals surface area contributed by atoms with Gasteiger partial charge >= 0.3 is 0 Å². The lowest BCUT2D eigenvalue weighted by Gasteiger charge is -2.11. The van der Waals surface area contributed by atoms with Crippen molar-refractivity contribution >= 4 is 33.4 Å². The molecule has 0 amide bonds. The molecule has 0 aliphatic rings. The van der Waals surface area contributed by atoms with Gasteiger partial charge in [-0.25, -0.2) is 15.0 Å². The number of fused-ring (bicyclic) bond motifs is 2. The molecule has 4 rings (SSSR count). The number of aromatic nitrogens is 4. The van der Waals surface area contributed by atoms with E-state index in [1.54, 1.807) is 6.20 Å². The molecule has 180 valence electrons. The van der Waals surface area contributed by atoms with E-state index < -0.39 is 0 Å². The summed E-state index contributed by atoms with van der Waals surface area (Å²) >= 11 is 0. The second-order valence-electron chi connectivity index (χ2n) is 9.94. The van der Waals surface area contributed by atoms with Crippen LogP contribution in [-0.4, -0.2) is 32.0 Å². The summed E-state index contributed by atoms with van der Waals surface area (Å²) < 4.78 is 0. The monoisotopic (exact) mass is 458 g/mol. The minimum Gasteiger partial charge on any atom is -0.368 e. The van der Waals surface area contributed by atoms with Gasteiger partial charge in [0.1, 0.15) is 17.2 Å². The summed E-state index contributed by atoms with van der Waals surface area (Å²) in [4.78, 5) is 17.7. The molecule has 4 aromatic rings. The van der Waals surface area contributed by atoms with Gasteiger partial charge in [-0.15, -0.1) is 0 Å². The lowest BCUT2D eigenvalue weighted by molar-refractivity contribution is 0.821. The standard InChI is InChI=1S/C15H20N2.C13H18N4/c1-10(2)12-5-6-13-8-15(17-11(3)4)16-9-14(13)7-12;1-8(2)11-6-14-10-5-13(16-9(3)4)15-7-12(10)17-11/h5-11H,1-4H3,(H,16,17);5-9H,1-4H3,(H,15,16). The number of benzene rings is 1. The fourth-order valence-corrected chi connectivity index (χ4v) is 3.48. The zero-order valence-corrected chi connectivity index (χ0v) is 21.7. The first-order chi connectivity index (χ1) is 16.1. The van der Waals surface area contributed by atoms with E-state index in [9.17, 15) is 0 Å². The van der Waals surface area contributed by atoms with Crippen molar-refractivity contribution in [3.8, 4) is 0 Å². The Morgan fingerprint density at radius 3 is 1.85 bits per heavy atom. The normalized spacial score (nSPS) is 11.4. The zero-order chi connectivity index (χ0) is 24.8. The minimum atomic E-state index is 0.364. The predicted molar refractivity (Wildman–Crippen MR) is 145 cm³/mol. The van der Waals surface area contributed by atoms with Crippen LogP contribution in [0.3, 0.4) is 0 Å². The summed E-state index contributed by atoms with van der Waals surface area (Å²) in [6.45, 7) is 17.0. The summed E-state index contributed by atoms with van der Waals surface area (Å²) in [5.41, 5.74) is 4.10. The molecule has 6 heteroatoms. The smallest absolute Gasteiger partial charge is 0.128 e. The van der Waals surface area contributed by atoms with Gasteiger partial charge in [0.15, 0.2) is 0 Å². The van der Waals surface area contributed by atoms with Crippen LogP contribution in [0.1, 0.15) is 78.5 Å². The number of nitrogens with one attached hydrogen (secondary N) is 2. The maximum Gasteiger partial charge on any atom is 0.128 e. The van der Waals surface area contributed by atoms with Crippen molar-refractivity contribution in [1.82, 2.24) is 19.9 Å². The highest BCUT2D eigenvalue weighted by Gasteiger charge is 2.06. The number of hydrogen-bond donors (Lipinski definition) is 2. The van der Waals surface area contributed by atoms with Crippen LogP contribution < -0.4 is 10.6 Å². The molecule has 0 saturated carbocycles. The van der Waals surface area contributed by atoms with E-state index in [2.05, 4.69) is 110 Å². The Bertz CT molecular complexity index is 1130. The third kappa shape index (κ3) is 6.86. The van der Waals surface area contributed by atoms with Crippen molar-refractivity contribution in [2.75, 3.05) is 10.6 Å². The fourth-order valence-electron chi connectivity index (χ4n) is 3.48. The number of pyridine rings is 2. The van der Waals surface area contributed by atoms with Gasteiger partial charge in [-0.05, 0) is 62.6 Å². The summed E-state index contributed by atoms with van der Waals surface area (Å²) in [5.74, 6) is 2.75. The fraction of sp³-hybridized carbons (Fsp3) is 0.429. The molecule has 34 heavy (non-hydrogen) atoms. The minimum absolute atomic E-state index is 0.364. The van der Waals surface area contributed by atoms with Crippen molar-refractivity contribution in [1.29, 1.82) is 0 Å². The van der Waals surface area contributed by atoms with E-state index in [0.29, 0.717) is 23.9 Å². The molecular weight excluding hydrogens is 420 g/mol. The van der Waals surface area contributed by atoms with Crippen molar-refractivity contribution in [2.45, 2.75) is 79.3 Å². The van der Waals surface area contributed by atoms with Crippen LogP contribution in [0, 0.1) is 0 Å². The molecule has 0 unspecified atom stereocenters. The van der Waals surface area contributed by atoms with Crippen molar-refractivity contribution in [3.63, 3.8) is 0 Å². The molecule has 2 N–H and O–H groups in total. The molecule has 0 spiro atoms. The van der Waals surface area contributed by atoms with Gasteiger partial charge in [0.25, 0.3) is 0 Å². The second-order valence-corrected chi connectivity index (χ2v) is 9.94. The van der Waals surface area contributed by atoms with Crippen LogP contribution in [0.25, 0.3) is 21.8 Å². The molecule has 0 bridgehead atoms. The molecule has 0 aliphatic heterocycles. The number of nitrogens with zero attached hydrogens (tertiary/aromatic N) is 4. The van der Waals surface area contributed by atoms with Gasteiger partial charge in [0.2, 0.25) is 0 Å². The Kier molecular flexibility index (Phi) is 8.37. The van der Waals surface area contributed by atoms with Crippen LogP contribution in [0.2, 0.25) is 0 Å². The summed E-state index contributed by atoms with van der Waals surface area (Å²) in [7, 11) is 0. The first kappa shape index (κ1) is 25.3. The molecule has 6 nitrogen and oxygen atoms in total. The average molecular weight is 459 g/mol. The SMILES string of the molecule is CC(C)Nc1cc2ccc(C(C)C)cc2cn1.CC(C)Nc1cc2ncc(C(C)C)nc2cn1. The van der Waals surface area contributed by atoms with E-state index in [0.717, 1.165) is 28.4 Å². The molecular formula is C28H38N6. The van der Waals surface area contributed by atoms with Gasteiger partial charge < -0.3 is 10.6 Å². The van der Waals surface area contributed by atoms with Gasteiger partial charge in [-0.2, -0.15) is 0 Å². The molecule has 0 aliphatic carbocycles. The highest BCUT2D eigenvalue weighted by Crippen LogP contribution is 2.23. The number of hydrogen-bond acceptors (Lipinski definition) is 6. The topological polar surface area (TPSA) is 75.6 Å². The molecule has 0 radical (unpaired) electrons. The highest BCUT2D eigenvalue weighted by molar-refractivity contribution is 5.84. The van der Waals surface area contributed by atoms with Gasteiger partial charge in [0.05, 0.1) is 17.4 Å². The van der Waals surface area contributed by atoms with Crippen molar-refractivity contribution in [2.24, 2.45) is 0 Å². The summed E-state index contributed by atoms with van der Waals surface area (Å²) in [5, 5.41) is 9.04.